The van der Waals surface area contributed by atoms with Crippen LogP contribution in [-0.2, 0) is 0 Å². The van der Waals surface area contributed by atoms with Gasteiger partial charge in [-0.2, -0.15) is 0 Å². The van der Waals surface area contributed by atoms with Crippen LogP contribution < -0.4 is 5.73 Å². The SMILES string of the molecule is Cc1cccc(-c2onc(N)c2-c2ccc(F)cc2F)c1. The number of nitrogens with zero attached hydrogens (tertiary/aromatic N) is 1. The number of aryl methyl sites for hydroxylation is 1. The van der Waals surface area contributed by atoms with Crippen molar-refractivity contribution in [2.24, 2.45) is 0 Å². The third kappa shape index (κ3) is 2.38. The van der Waals surface area contributed by atoms with Crippen molar-refractivity contribution in [1.29, 1.82) is 0 Å². The number of aromatic nitrogens is 1. The number of hydrogen-bond donors (Lipinski definition) is 1. The van der Waals surface area contributed by atoms with Crippen LogP contribution >= 0.6 is 0 Å². The molecule has 0 saturated carbocycles. The maximum atomic E-state index is 14.0. The van der Waals surface area contributed by atoms with Crippen LogP contribution in [0.15, 0.2) is 47.0 Å². The van der Waals surface area contributed by atoms with Gasteiger partial charge in [0, 0.05) is 17.2 Å². The molecule has 0 unspecified atom stereocenters. The number of nitrogen functional groups attached to an aromatic ring is 1. The smallest absolute Gasteiger partial charge is 0.177 e. The third-order valence-corrected chi connectivity index (χ3v) is 3.20. The van der Waals surface area contributed by atoms with Crippen LogP contribution in [0.4, 0.5) is 14.6 Å². The molecular weight excluding hydrogens is 274 g/mol. The molecule has 5 heteroatoms. The number of anilines is 1. The first kappa shape index (κ1) is 13.3. The van der Waals surface area contributed by atoms with E-state index < -0.39 is 11.6 Å². The lowest BCUT2D eigenvalue weighted by Gasteiger charge is -2.05. The van der Waals surface area contributed by atoms with Gasteiger partial charge in [0.05, 0.1) is 5.56 Å². The van der Waals surface area contributed by atoms with Crippen molar-refractivity contribution in [3.8, 4) is 22.5 Å². The summed E-state index contributed by atoms with van der Waals surface area (Å²) in [7, 11) is 0. The lowest BCUT2D eigenvalue weighted by atomic mass is 10.00. The van der Waals surface area contributed by atoms with Gasteiger partial charge in [-0.15, -0.1) is 0 Å². The molecule has 3 nitrogen and oxygen atoms in total. The molecule has 0 aliphatic carbocycles. The quantitative estimate of drug-likeness (QED) is 0.769. The second kappa shape index (κ2) is 5.01. The summed E-state index contributed by atoms with van der Waals surface area (Å²) >= 11 is 0. The predicted octanol–water partition coefficient (Wildman–Crippen LogP) is 4.18. The highest BCUT2D eigenvalue weighted by Gasteiger charge is 2.20. The number of hydrogen-bond acceptors (Lipinski definition) is 3. The third-order valence-electron chi connectivity index (χ3n) is 3.20. The number of nitrogens with two attached hydrogens (primary N) is 1. The van der Waals surface area contributed by atoms with E-state index in [0.29, 0.717) is 11.3 Å². The van der Waals surface area contributed by atoms with Gasteiger partial charge in [0.15, 0.2) is 11.6 Å². The zero-order chi connectivity index (χ0) is 15.0. The molecule has 0 radical (unpaired) electrons. The highest BCUT2D eigenvalue weighted by atomic mass is 19.1. The van der Waals surface area contributed by atoms with Gasteiger partial charge in [0.2, 0.25) is 0 Å². The molecule has 0 fully saturated rings. The highest BCUT2D eigenvalue weighted by Crippen LogP contribution is 2.38. The Bertz CT molecular complexity index is 812. The molecule has 3 aromatic rings. The molecule has 2 aromatic carbocycles. The van der Waals surface area contributed by atoms with E-state index in [1.807, 2.05) is 31.2 Å². The van der Waals surface area contributed by atoms with Gasteiger partial charge >= 0.3 is 0 Å². The highest BCUT2D eigenvalue weighted by molar-refractivity contribution is 5.86. The van der Waals surface area contributed by atoms with E-state index in [9.17, 15) is 8.78 Å². The molecule has 3 rings (SSSR count). The van der Waals surface area contributed by atoms with E-state index in [1.165, 1.54) is 12.1 Å². The Morgan fingerprint density at radius 2 is 1.90 bits per heavy atom. The first-order valence-corrected chi connectivity index (χ1v) is 6.34. The maximum absolute atomic E-state index is 14.0. The van der Waals surface area contributed by atoms with Crippen molar-refractivity contribution in [2.75, 3.05) is 5.73 Å². The standard InChI is InChI=1S/C16H12F2N2O/c1-9-3-2-4-10(7-9)15-14(16(19)20-21-15)12-6-5-11(17)8-13(12)18/h2-8H,1H3,(H2,19,20). The molecule has 0 saturated heterocycles. The van der Waals surface area contributed by atoms with Gasteiger partial charge in [-0.25, -0.2) is 8.78 Å². The fourth-order valence-corrected chi connectivity index (χ4v) is 2.24. The van der Waals surface area contributed by atoms with Crippen molar-refractivity contribution in [1.82, 2.24) is 5.16 Å². The van der Waals surface area contributed by atoms with Crippen LogP contribution in [0.1, 0.15) is 5.56 Å². The Hall–Kier alpha value is -2.69. The van der Waals surface area contributed by atoms with Crippen molar-refractivity contribution in [3.05, 3.63) is 59.7 Å². The van der Waals surface area contributed by atoms with E-state index in [-0.39, 0.29) is 11.4 Å². The molecule has 0 aliphatic heterocycles. The lowest BCUT2D eigenvalue weighted by Crippen LogP contribution is -1.92. The normalized spacial score (nSPS) is 10.8. The minimum atomic E-state index is -0.709. The monoisotopic (exact) mass is 286 g/mol. The van der Waals surface area contributed by atoms with Gasteiger partial charge in [-0.1, -0.05) is 28.9 Å². The summed E-state index contributed by atoms with van der Waals surface area (Å²) in [6.07, 6.45) is 0. The van der Waals surface area contributed by atoms with E-state index in [4.69, 9.17) is 10.3 Å². The first-order valence-electron chi connectivity index (χ1n) is 6.34. The Morgan fingerprint density at radius 3 is 2.62 bits per heavy atom. The number of rotatable bonds is 2. The fourth-order valence-electron chi connectivity index (χ4n) is 2.24. The Morgan fingerprint density at radius 1 is 1.10 bits per heavy atom. The van der Waals surface area contributed by atoms with Crippen LogP contribution in [-0.4, -0.2) is 5.16 Å². The van der Waals surface area contributed by atoms with Crippen molar-refractivity contribution < 1.29 is 13.3 Å². The van der Waals surface area contributed by atoms with E-state index in [2.05, 4.69) is 5.16 Å². The topological polar surface area (TPSA) is 52.0 Å². The summed E-state index contributed by atoms with van der Waals surface area (Å²) < 4.78 is 32.3. The lowest BCUT2D eigenvalue weighted by molar-refractivity contribution is 0.436. The summed E-state index contributed by atoms with van der Waals surface area (Å²) in [5.41, 5.74) is 8.04. The largest absolute Gasteiger partial charge is 0.380 e. The molecule has 0 atom stereocenters. The fraction of sp³-hybridized carbons (Fsp3) is 0.0625. The Labute approximate surface area is 120 Å². The predicted molar refractivity (Wildman–Crippen MR) is 76.4 cm³/mol. The first-order chi connectivity index (χ1) is 10.1. The summed E-state index contributed by atoms with van der Waals surface area (Å²) in [6, 6.07) is 10.8. The average molecular weight is 286 g/mol. The molecule has 0 amide bonds. The van der Waals surface area contributed by atoms with Crippen LogP contribution in [0.2, 0.25) is 0 Å². The van der Waals surface area contributed by atoms with Gasteiger partial charge in [-0.3, -0.25) is 0 Å². The molecule has 0 spiro atoms. The summed E-state index contributed by atoms with van der Waals surface area (Å²) in [4.78, 5) is 0. The van der Waals surface area contributed by atoms with E-state index in [0.717, 1.165) is 17.2 Å². The van der Waals surface area contributed by atoms with Gasteiger partial charge in [-0.05, 0) is 25.1 Å². The maximum Gasteiger partial charge on any atom is 0.177 e. The van der Waals surface area contributed by atoms with Crippen LogP contribution in [0.5, 0.6) is 0 Å². The zero-order valence-electron chi connectivity index (χ0n) is 11.2. The average Bonchev–Trinajstić information content (AvgIpc) is 2.81. The summed E-state index contributed by atoms with van der Waals surface area (Å²) in [5.74, 6) is -0.930. The van der Waals surface area contributed by atoms with Crippen molar-refractivity contribution in [3.63, 3.8) is 0 Å². The van der Waals surface area contributed by atoms with Crippen molar-refractivity contribution in [2.45, 2.75) is 6.92 Å². The molecule has 1 aromatic heterocycles. The van der Waals surface area contributed by atoms with Gasteiger partial charge in [0.1, 0.15) is 11.6 Å². The van der Waals surface area contributed by atoms with E-state index in [1.54, 1.807) is 0 Å². The Kier molecular flexibility index (Phi) is 3.17. The van der Waals surface area contributed by atoms with E-state index >= 15 is 0 Å². The molecule has 106 valence electrons. The second-order valence-corrected chi connectivity index (χ2v) is 4.77. The van der Waals surface area contributed by atoms with Crippen LogP contribution in [0, 0.1) is 18.6 Å². The number of benzene rings is 2. The minimum absolute atomic E-state index is 0.0667. The minimum Gasteiger partial charge on any atom is -0.380 e. The molecule has 1 heterocycles. The molecule has 21 heavy (non-hydrogen) atoms. The molecule has 0 aliphatic rings. The molecule has 2 N–H and O–H groups in total. The van der Waals surface area contributed by atoms with Crippen molar-refractivity contribution >= 4 is 5.82 Å². The van der Waals surface area contributed by atoms with Crippen LogP contribution in [0.25, 0.3) is 22.5 Å². The molecular formula is C16H12F2N2O. The zero-order valence-corrected chi connectivity index (χ0v) is 11.2. The van der Waals surface area contributed by atoms with Gasteiger partial charge < -0.3 is 10.3 Å². The molecule has 0 bridgehead atoms. The second-order valence-electron chi connectivity index (χ2n) is 4.77. The number of halogens is 2. The summed E-state index contributed by atoms with van der Waals surface area (Å²) in [5, 5.41) is 3.70. The Balaban J connectivity index is 2.22. The van der Waals surface area contributed by atoms with Crippen LogP contribution in [0.3, 0.4) is 0 Å². The van der Waals surface area contributed by atoms with Gasteiger partial charge in [0.25, 0.3) is 0 Å². The summed E-state index contributed by atoms with van der Waals surface area (Å²) in [6.45, 7) is 1.93.